The predicted molar refractivity (Wildman–Crippen MR) is 102 cm³/mol. The molecule has 3 heteroatoms. The molecule has 0 bridgehead atoms. The molecular weight excluding hydrogens is 296 g/mol. The lowest BCUT2D eigenvalue weighted by Crippen LogP contribution is -2.30. The zero-order valence-corrected chi connectivity index (χ0v) is 14.2. The smallest absolute Gasteiger partial charge is 0.246 e. The topological polar surface area (TPSA) is 32.7 Å². The average Bonchev–Trinajstić information content (AvgIpc) is 2.87. The van der Waals surface area contributed by atoms with Gasteiger partial charge in [0.2, 0.25) is 5.91 Å². The quantitative estimate of drug-likeness (QED) is 0.457. The fourth-order valence-electron chi connectivity index (χ4n) is 2.59. The van der Waals surface area contributed by atoms with Gasteiger partial charge in [-0.15, -0.1) is 0 Å². The molecule has 0 aliphatic carbocycles. The van der Waals surface area contributed by atoms with Gasteiger partial charge >= 0.3 is 0 Å². The summed E-state index contributed by atoms with van der Waals surface area (Å²) in [7, 11) is 1.71. The van der Waals surface area contributed by atoms with Crippen LogP contribution < -0.4 is 0 Å². The van der Waals surface area contributed by atoms with E-state index < -0.39 is 0 Å². The summed E-state index contributed by atoms with van der Waals surface area (Å²) >= 11 is 0. The second kappa shape index (κ2) is 9.46. The van der Waals surface area contributed by atoms with Crippen molar-refractivity contribution in [3.8, 4) is 0 Å². The molecule has 0 N–H and O–H groups in total. The lowest BCUT2D eigenvalue weighted by atomic mass is 10.0. The molecule has 1 amide bonds. The third-order valence-corrected chi connectivity index (χ3v) is 3.88. The molecule has 0 saturated heterocycles. The second-order valence-electron chi connectivity index (χ2n) is 5.63. The first kappa shape index (κ1) is 17.7. The fourth-order valence-corrected chi connectivity index (χ4v) is 2.59. The number of hydrogen-bond donors (Lipinski definition) is 0. The highest BCUT2D eigenvalue weighted by atomic mass is 16.2. The highest BCUT2D eigenvalue weighted by Crippen LogP contribution is 2.22. The number of nitrogens with zero attached hydrogens (tertiary/aromatic N) is 2. The molecule has 0 unspecified atom stereocenters. The molecule has 1 aliphatic heterocycles. The zero-order valence-electron chi connectivity index (χ0n) is 14.2. The minimum atomic E-state index is 0.0384. The van der Waals surface area contributed by atoms with Crippen molar-refractivity contribution < 1.29 is 4.79 Å². The summed E-state index contributed by atoms with van der Waals surface area (Å²) in [5.74, 6) is 0.0384. The summed E-state index contributed by atoms with van der Waals surface area (Å²) in [6.07, 6.45) is 12.7. The Morgan fingerprint density at radius 1 is 1.17 bits per heavy atom. The third-order valence-electron chi connectivity index (χ3n) is 3.88. The Kier molecular flexibility index (Phi) is 6.96. The molecule has 0 radical (unpaired) electrons. The highest BCUT2D eigenvalue weighted by molar-refractivity contribution is 5.88. The van der Waals surface area contributed by atoms with Gasteiger partial charge in [0.05, 0.1) is 0 Å². The molecule has 2 rings (SSSR count). The molecule has 124 valence electrons. The van der Waals surface area contributed by atoms with Crippen molar-refractivity contribution in [3.63, 3.8) is 0 Å². The third kappa shape index (κ3) is 5.51. The van der Waals surface area contributed by atoms with E-state index >= 15 is 0 Å². The lowest BCUT2D eigenvalue weighted by Gasteiger charge is -2.18. The molecule has 0 fully saturated rings. The molecule has 0 saturated carbocycles. The van der Waals surface area contributed by atoms with E-state index in [1.54, 1.807) is 31.5 Å². The number of aliphatic imine (C=N–C) groups is 1. The number of carbonyl (C=O) groups excluding carboxylic acids is 1. The molecule has 1 aromatic carbocycles. The first-order valence-electron chi connectivity index (χ1n) is 8.20. The molecule has 1 aromatic rings. The maximum atomic E-state index is 12.4. The number of benzene rings is 1. The van der Waals surface area contributed by atoms with Gasteiger partial charge in [0, 0.05) is 32.4 Å². The Balaban J connectivity index is 1.90. The Bertz CT molecular complexity index is 681. The molecule has 1 heterocycles. The minimum absolute atomic E-state index is 0.0384. The highest BCUT2D eigenvalue weighted by Gasteiger charge is 2.14. The van der Waals surface area contributed by atoms with Gasteiger partial charge in [-0.2, -0.15) is 0 Å². The van der Waals surface area contributed by atoms with E-state index in [9.17, 15) is 4.79 Å². The number of rotatable bonds is 5. The van der Waals surface area contributed by atoms with Gasteiger partial charge in [0.15, 0.2) is 0 Å². The van der Waals surface area contributed by atoms with Crippen LogP contribution in [-0.4, -0.2) is 37.2 Å². The maximum Gasteiger partial charge on any atom is 0.246 e. The van der Waals surface area contributed by atoms with E-state index in [1.165, 1.54) is 11.1 Å². The van der Waals surface area contributed by atoms with Crippen molar-refractivity contribution in [2.45, 2.75) is 12.8 Å². The van der Waals surface area contributed by atoms with Crippen molar-refractivity contribution in [2.75, 3.05) is 20.1 Å². The molecule has 0 atom stereocenters. The zero-order chi connectivity index (χ0) is 17.2. The van der Waals surface area contributed by atoms with Crippen LogP contribution in [-0.2, 0) is 4.79 Å². The van der Waals surface area contributed by atoms with E-state index in [1.807, 2.05) is 17.0 Å². The van der Waals surface area contributed by atoms with Crippen molar-refractivity contribution in [2.24, 2.45) is 4.99 Å². The number of allylic oxidation sites excluding steroid dienone is 4. The van der Waals surface area contributed by atoms with Gasteiger partial charge in [-0.25, -0.2) is 0 Å². The van der Waals surface area contributed by atoms with Crippen LogP contribution in [0.4, 0.5) is 0 Å². The van der Waals surface area contributed by atoms with E-state index in [-0.39, 0.29) is 5.91 Å². The second-order valence-corrected chi connectivity index (χ2v) is 5.63. The summed E-state index contributed by atoms with van der Waals surface area (Å²) in [5, 5.41) is 0. The van der Waals surface area contributed by atoms with Crippen LogP contribution >= 0.6 is 0 Å². The van der Waals surface area contributed by atoms with Crippen molar-refractivity contribution in [3.05, 3.63) is 78.4 Å². The number of amides is 1. The van der Waals surface area contributed by atoms with Crippen molar-refractivity contribution in [1.82, 2.24) is 4.90 Å². The summed E-state index contributed by atoms with van der Waals surface area (Å²) in [6.45, 7) is 5.40. The normalized spacial score (nSPS) is 15.9. The monoisotopic (exact) mass is 320 g/mol. The van der Waals surface area contributed by atoms with Crippen LogP contribution in [0.15, 0.2) is 77.9 Å². The summed E-state index contributed by atoms with van der Waals surface area (Å²) < 4.78 is 0. The Hall–Kier alpha value is -2.68. The van der Waals surface area contributed by atoms with Crippen LogP contribution in [0.3, 0.4) is 0 Å². The summed E-state index contributed by atoms with van der Waals surface area (Å²) in [4.78, 5) is 18.1. The average molecular weight is 320 g/mol. The molecule has 0 spiro atoms. The number of carbonyl (C=O) groups is 1. The molecular formula is C21H24N2O. The SMILES string of the molecule is C=C(/C=C\C=NC)/C=C/C(=O)N1CCC=C(c2ccccc2)CC1. The Labute approximate surface area is 144 Å². The Morgan fingerprint density at radius 2 is 1.96 bits per heavy atom. The van der Waals surface area contributed by atoms with Gasteiger partial charge in [-0.3, -0.25) is 9.79 Å². The van der Waals surface area contributed by atoms with Gasteiger partial charge in [-0.05, 0) is 35.6 Å². The van der Waals surface area contributed by atoms with Crippen LogP contribution in [0, 0.1) is 0 Å². The summed E-state index contributed by atoms with van der Waals surface area (Å²) in [6, 6.07) is 10.4. The van der Waals surface area contributed by atoms with E-state index in [4.69, 9.17) is 0 Å². The first-order valence-corrected chi connectivity index (χ1v) is 8.20. The molecule has 24 heavy (non-hydrogen) atoms. The van der Waals surface area contributed by atoms with Crippen LogP contribution in [0.25, 0.3) is 5.57 Å². The van der Waals surface area contributed by atoms with E-state index in [0.29, 0.717) is 0 Å². The van der Waals surface area contributed by atoms with Crippen LogP contribution in [0.2, 0.25) is 0 Å². The van der Waals surface area contributed by atoms with E-state index in [0.717, 1.165) is 31.5 Å². The van der Waals surface area contributed by atoms with Crippen molar-refractivity contribution in [1.29, 1.82) is 0 Å². The fraction of sp³-hybridized carbons (Fsp3) is 0.238. The van der Waals surface area contributed by atoms with Gasteiger partial charge in [0.25, 0.3) is 0 Å². The van der Waals surface area contributed by atoms with Gasteiger partial charge in [0.1, 0.15) is 0 Å². The molecule has 3 nitrogen and oxygen atoms in total. The maximum absolute atomic E-state index is 12.4. The van der Waals surface area contributed by atoms with Crippen LogP contribution in [0.1, 0.15) is 18.4 Å². The van der Waals surface area contributed by atoms with Gasteiger partial charge in [-0.1, -0.05) is 55.1 Å². The number of hydrogen-bond acceptors (Lipinski definition) is 2. The molecule has 1 aliphatic rings. The largest absolute Gasteiger partial charge is 0.339 e. The molecule has 0 aromatic heterocycles. The minimum Gasteiger partial charge on any atom is -0.339 e. The standard InChI is InChI=1S/C21H24N2O/c1-18(8-6-15-22-2)12-13-21(24)23-16-7-11-20(14-17-23)19-9-4-3-5-10-19/h3-6,8-13,15H,1,7,14,16-17H2,2H3/b8-6-,13-12+,22-15?. The first-order chi connectivity index (χ1) is 11.7. The van der Waals surface area contributed by atoms with E-state index in [2.05, 4.69) is 41.9 Å². The van der Waals surface area contributed by atoms with Gasteiger partial charge < -0.3 is 4.90 Å². The summed E-state index contributed by atoms with van der Waals surface area (Å²) in [5.41, 5.74) is 3.35. The predicted octanol–water partition coefficient (Wildman–Crippen LogP) is 4.06. The van der Waals surface area contributed by atoms with Crippen molar-refractivity contribution >= 4 is 17.7 Å². The van der Waals surface area contributed by atoms with Crippen LogP contribution in [0.5, 0.6) is 0 Å². The Morgan fingerprint density at radius 3 is 2.71 bits per heavy atom. The lowest BCUT2D eigenvalue weighted by molar-refractivity contribution is -0.125.